The molecule has 3 aromatic carbocycles. The van der Waals surface area contributed by atoms with Gasteiger partial charge in [-0.3, -0.25) is 14.6 Å². The van der Waals surface area contributed by atoms with Crippen molar-refractivity contribution >= 4 is 10.9 Å². The van der Waals surface area contributed by atoms with Crippen molar-refractivity contribution in [3.8, 4) is 11.5 Å². The fourth-order valence-electron chi connectivity index (χ4n) is 6.15. The second-order valence-corrected chi connectivity index (χ2v) is 11.2. The van der Waals surface area contributed by atoms with Crippen molar-refractivity contribution in [3.63, 3.8) is 0 Å². The van der Waals surface area contributed by atoms with E-state index >= 15 is 0 Å². The number of hydrogen-bond donors (Lipinski definition) is 1. The summed E-state index contributed by atoms with van der Waals surface area (Å²) in [6.45, 7) is 8.95. The highest BCUT2D eigenvalue weighted by atomic mass is 16.7. The number of nitrogens with zero attached hydrogens (tertiary/aromatic N) is 6. The maximum atomic E-state index is 13.7. The minimum absolute atomic E-state index is 0.116. The van der Waals surface area contributed by atoms with Gasteiger partial charge in [-0.2, -0.15) is 0 Å². The molecule has 2 aliphatic heterocycles. The van der Waals surface area contributed by atoms with Crippen LogP contribution >= 0.6 is 0 Å². The summed E-state index contributed by atoms with van der Waals surface area (Å²) in [5.41, 5.74) is 5.91. The van der Waals surface area contributed by atoms with Gasteiger partial charge in [0.05, 0.1) is 6.54 Å². The number of ether oxygens (including phenoxy) is 2. The Bertz CT molecular complexity index is 1790. The molecule has 1 saturated heterocycles. The van der Waals surface area contributed by atoms with Gasteiger partial charge in [0.25, 0.3) is 5.56 Å². The van der Waals surface area contributed by atoms with E-state index in [0.29, 0.717) is 17.9 Å². The Morgan fingerprint density at radius 2 is 1.69 bits per heavy atom. The normalized spacial score (nSPS) is 16.2. The number of piperazine rings is 1. The van der Waals surface area contributed by atoms with Crippen LogP contribution in [0.15, 0.2) is 71.5 Å². The van der Waals surface area contributed by atoms with Crippen molar-refractivity contribution < 1.29 is 9.47 Å². The van der Waals surface area contributed by atoms with Gasteiger partial charge in [-0.1, -0.05) is 42.5 Å². The molecule has 1 atom stereocenters. The van der Waals surface area contributed by atoms with E-state index in [1.165, 1.54) is 5.56 Å². The van der Waals surface area contributed by atoms with Crippen LogP contribution in [0.3, 0.4) is 0 Å². The number of aromatic amines is 1. The lowest BCUT2D eigenvalue weighted by molar-refractivity contribution is 0.0998. The standard InChI is InChI=1S/C32H33N7O3/c1-21-14-22(2)25-17-26(32(40)33-27(25)15-21)30(31-34-35-36-39(31)19-23-6-4-3-5-7-23)38-12-10-37(11-13-38)18-24-8-9-28-29(16-24)42-20-41-28/h3-9,14-17,30H,10-13,18-20H2,1-2H3,(H,33,40)/t30-/m1/s1. The van der Waals surface area contributed by atoms with Gasteiger partial charge in [0.2, 0.25) is 6.79 Å². The third-order valence-electron chi connectivity index (χ3n) is 8.23. The van der Waals surface area contributed by atoms with Crippen LogP contribution in [-0.4, -0.2) is 68.0 Å². The third-order valence-corrected chi connectivity index (χ3v) is 8.23. The molecule has 10 nitrogen and oxygen atoms in total. The molecule has 0 aliphatic carbocycles. The molecular formula is C32H33N7O3. The van der Waals surface area contributed by atoms with Crippen LogP contribution in [0, 0.1) is 13.8 Å². The van der Waals surface area contributed by atoms with Crippen molar-refractivity contribution in [2.24, 2.45) is 0 Å². The van der Waals surface area contributed by atoms with Gasteiger partial charge in [0.1, 0.15) is 6.04 Å². The number of aryl methyl sites for hydroxylation is 2. The summed E-state index contributed by atoms with van der Waals surface area (Å²) in [7, 11) is 0. The summed E-state index contributed by atoms with van der Waals surface area (Å²) in [6.07, 6.45) is 0. The molecular weight excluding hydrogens is 530 g/mol. The molecule has 214 valence electrons. The van der Waals surface area contributed by atoms with Gasteiger partial charge < -0.3 is 14.5 Å². The number of benzene rings is 3. The number of pyridine rings is 1. The van der Waals surface area contributed by atoms with Crippen LogP contribution in [0.1, 0.15) is 39.7 Å². The van der Waals surface area contributed by atoms with E-state index in [1.54, 1.807) is 0 Å². The van der Waals surface area contributed by atoms with Crippen LogP contribution in [-0.2, 0) is 13.1 Å². The largest absolute Gasteiger partial charge is 0.454 e. The molecule has 0 saturated carbocycles. The van der Waals surface area contributed by atoms with E-state index in [9.17, 15) is 4.79 Å². The Hall–Kier alpha value is -4.54. The molecule has 5 aromatic rings. The summed E-state index contributed by atoms with van der Waals surface area (Å²) in [6, 6.07) is 22.1. The predicted octanol–water partition coefficient (Wildman–Crippen LogP) is 3.82. The number of aromatic nitrogens is 5. The first-order valence-corrected chi connectivity index (χ1v) is 14.3. The topological polar surface area (TPSA) is 101 Å². The van der Waals surface area contributed by atoms with Crippen molar-refractivity contribution in [2.45, 2.75) is 33.0 Å². The van der Waals surface area contributed by atoms with Gasteiger partial charge in [-0.25, -0.2) is 4.68 Å². The smallest absolute Gasteiger partial charge is 0.253 e. The molecule has 0 unspecified atom stereocenters. The first-order chi connectivity index (χ1) is 20.5. The number of nitrogens with one attached hydrogen (secondary N) is 1. The molecule has 0 spiro atoms. The molecule has 2 aliphatic rings. The molecule has 10 heteroatoms. The van der Waals surface area contributed by atoms with E-state index in [2.05, 4.69) is 67.6 Å². The molecule has 4 heterocycles. The van der Waals surface area contributed by atoms with E-state index < -0.39 is 6.04 Å². The zero-order valence-electron chi connectivity index (χ0n) is 23.8. The Kier molecular flexibility index (Phi) is 6.93. The summed E-state index contributed by atoms with van der Waals surface area (Å²) in [5, 5.41) is 14.0. The van der Waals surface area contributed by atoms with Crippen molar-refractivity contribution in [2.75, 3.05) is 33.0 Å². The minimum Gasteiger partial charge on any atom is -0.454 e. The Morgan fingerprint density at radius 3 is 2.52 bits per heavy atom. The highest BCUT2D eigenvalue weighted by molar-refractivity contribution is 5.83. The van der Waals surface area contributed by atoms with E-state index in [1.807, 2.05) is 48.0 Å². The van der Waals surface area contributed by atoms with Crippen LogP contribution < -0.4 is 15.0 Å². The number of fused-ring (bicyclic) bond motifs is 2. The SMILES string of the molecule is Cc1cc(C)c2cc([C@H](c3nnnn3Cc3ccccc3)N3CCN(Cc4ccc5c(c4)OCO5)CC3)c(=O)[nH]c2c1. The van der Waals surface area contributed by atoms with Crippen LogP contribution in [0.5, 0.6) is 11.5 Å². The summed E-state index contributed by atoms with van der Waals surface area (Å²) in [4.78, 5) is 21.6. The first-order valence-electron chi connectivity index (χ1n) is 14.3. The third kappa shape index (κ3) is 5.15. The Balaban J connectivity index is 1.21. The zero-order chi connectivity index (χ0) is 28.6. The lowest BCUT2D eigenvalue weighted by Crippen LogP contribution is -2.48. The van der Waals surface area contributed by atoms with Crippen molar-refractivity contribution in [1.29, 1.82) is 0 Å². The molecule has 0 amide bonds. The van der Waals surface area contributed by atoms with Crippen molar-refractivity contribution in [1.82, 2.24) is 35.0 Å². The Morgan fingerprint density at radius 1 is 0.881 bits per heavy atom. The highest BCUT2D eigenvalue weighted by Gasteiger charge is 2.33. The average molecular weight is 564 g/mol. The van der Waals surface area contributed by atoms with Gasteiger partial charge >= 0.3 is 0 Å². The van der Waals surface area contributed by atoms with Gasteiger partial charge in [-0.05, 0) is 70.8 Å². The molecule has 0 bridgehead atoms. The van der Waals surface area contributed by atoms with Gasteiger partial charge in [0, 0.05) is 49.2 Å². The summed E-state index contributed by atoms with van der Waals surface area (Å²) in [5.74, 6) is 2.26. The number of tetrazole rings is 1. The molecule has 0 radical (unpaired) electrons. The first kappa shape index (κ1) is 26.4. The lowest BCUT2D eigenvalue weighted by Gasteiger charge is -2.38. The zero-order valence-corrected chi connectivity index (χ0v) is 23.8. The maximum Gasteiger partial charge on any atom is 0.253 e. The second-order valence-electron chi connectivity index (χ2n) is 11.2. The van der Waals surface area contributed by atoms with Crippen LogP contribution in [0.2, 0.25) is 0 Å². The fraction of sp³-hybridized carbons (Fsp3) is 0.312. The quantitative estimate of drug-likeness (QED) is 0.319. The van der Waals surface area contributed by atoms with Gasteiger partial charge in [0.15, 0.2) is 17.3 Å². The number of rotatable bonds is 7. The monoisotopic (exact) mass is 563 g/mol. The van der Waals surface area contributed by atoms with E-state index in [4.69, 9.17) is 9.47 Å². The molecule has 42 heavy (non-hydrogen) atoms. The Labute approximate surface area is 243 Å². The fourth-order valence-corrected chi connectivity index (χ4v) is 6.15. The van der Waals surface area contributed by atoms with Crippen LogP contribution in [0.25, 0.3) is 10.9 Å². The number of hydrogen-bond acceptors (Lipinski definition) is 8. The lowest BCUT2D eigenvalue weighted by atomic mass is 9.99. The molecule has 1 N–H and O–H groups in total. The predicted molar refractivity (Wildman–Crippen MR) is 159 cm³/mol. The minimum atomic E-state index is -0.398. The highest BCUT2D eigenvalue weighted by Crippen LogP contribution is 2.33. The van der Waals surface area contributed by atoms with Gasteiger partial charge in [-0.15, -0.1) is 5.10 Å². The molecule has 2 aromatic heterocycles. The molecule has 7 rings (SSSR count). The molecule has 1 fully saturated rings. The summed E-state index contributed by atoms with van der Waals surface area (Å²) < 4.78 is 12.9. The summed E-state index contributed by atoms with van der Waals surface area (Å²) >= 11 is 0. The van der Waals surface area contributed by atoms with Crippen LogP contribution in [0.4, 0.5) is 0 Å². The second kappa shape index (κ2) is 11.0. The number of H-pyrrole nitrogens is 1. The van der Waals surface area contributed by atoms with Crippen molar-refractivity contribution in [3.05, 3.63) is 111 Å². The average Bonchev–Trinajstić information content (AvgIpc) is 3.64. The van der Waals surface area contributed by atoms with E-state index in [0.717, 1.165) is 71.8 Å². The maximum absolute atomic E-state index is 13.7. The van der Waals surface area contributed by atoms with E-state index in [-0.39, 0.29) is 12.4 Å².